The van der Waals surface area contributed by atoms with Crippen LogP contribution in [-0.2, 0) is 16.0 Å². The smallest absolute Gasteiger partial charge is 0.228 e. The van der Waals surface area contributed by atoms with E-state index in [-0.39, 0.29) is 24.3 Å². The molecule has 26 heavy (non-hydrogen) atoms. The minimum absolute atomic E-state index is 0.00540. The Labute approximate surface area is 152 Å². The van der Waals surface area contributed by atoms with E-state index < -0.39 is 0 Å². The van der Waals surface area contributed by atoms with Gasteiger partial charge in [-0.1, -0.05) is 30.3 Å². The fourth-order valence-corrected chi connectivity index (χ4v) is 3.39. The van der Waals surface area contributed by atoms with Crippen LogP contribution in [0.1, 0.15) is 25.3 Å². The van der Waals surface area contributed by atoms with E-state index in [9.17, 15) is 9.59 Å². The first kappa shape index (κ1) is 16.4. The number of anilines is 2. The average molecular weight is 347 g/mol. The van der Waals surface area contributed by atoms with Gasteiger partial charge in [-0.25, -0.2) is 0 Å². The third-order valence-electron chi connectivity index (χ3n) is 4.71. The number of benzene rings is 2. The zero-order chi connectivity index (χ0) is 18.1. The van der Waals surface area contributed by atoms with Gasteiger partial charge < -0.3 is 15.2 Å². The van der Waals surface area contributed by atoms with Gasteiger partial charge in [-0.15, -0.1) is 0 Å². The summed E-state index contributed by atoms with van der Waals surface area (Å²) in [5, 5.41) is 4.04. The normalized spacial score (nSPS) is 13.6. The highest BCUT2D eigenvalue weighted by Crippen LogP contribution is 2.36. The third kappa shape index (κ3) is 3.20. The van der Waals surface area contributed by atoms with Crippen molar-refractivity contribution in [3.05, 3.63) is 60.3 Å². The highest BCUT2D eigenvalue weighted by molar-refractivity contribution is 6.02. The maximum Gasteiger partial charge on any atom is 0.228 e. The molecule has 0 bridgehead atoms. The fraction of sp³-hybridized carbons (Fsp3) is 0.238. The maximum atomic E-state index is 12.6. The third-order valence-corrected chi connectivity index (χ3v) is 4.71. The molecule has 2 N–H and O–H groups in total. The molecule has 0 spiro atoms. The summed E-state index contributed by atoms with van der Waals surface area (Å²) in [6.45, 7) is 1.57. The SMILES string of the molecule is CC(=O)N(c1ccccc1NC(=O)Cc1c[nH]c2ccccc12)C1CC1. The Kier molecular flexibility index (Phi) is 4.21. The van der Waals surface area contributed by atoms with Gasteiger partial charge in [0.1, 0.15) is 0 Å². The van der Waals surface area contributed by atoms with Gasteiger partial charge in [0.05, 0.1) is 17.8 Å². The molecule has 1 heterocycles. The van der Waals surface area contributed by atoms with Crippen molar-refractivity contribution in [3.63, 3.8) is 0 Å². The first-order chi connectivity index (χ1) is 12.6. The summed E-state index contributed by atoms with van der Waals surface area (Å²) in [5.41, 5.74) is 3.43. The molecular weight excluding hydrogens is 326 g/mol. The molecule has 0 aliphatic heterocycles. The zero-order valence-corrected chi connectivity index (χ0v) is 14.7. The molecule has 0 unspecified atom stereocenters. The molecule has 1 saturated carbocycles. The molecule has 4 rings (SSSR count). The number of nitrogens with one attached hydrogen (secondary N) is 2. The monoisotopic (exact) mass is 347 g/mol. The lowest BCUT2D eigenvalue weighted by molar-refractivity contribution is -0.117. The van der Waals surface area contributed by atoms with Crippen LogP contribution in [0, 0.1) is 0 Å². The number of amides is 2. The van der Waals surface area contributed by atoms with Gasteiger partial charge in [-0.3, -0.25) is 9.59 Å². The minimum Gasteiger partial charge on any atom is -0.361 e. The van der Waals surface area contributed by atoms with Crippen LogP contribution in [0.25, 0.3) is 10.9 Å². The van der Waals surface area contributed by atoms with Crippen molar-refractivity contribution in [1.29, 1.82) is 0 Å². The van der Waals surface area contributed by atoms with E-state index in [1.807, 2.05) is 54.7 Å². The molecule has 0 radical (unpaired) electrons. The van der Waals surface area contributed by atoms with Gasteiger partial charge in [-0.05, 0) is 36.6 Å². The predicted octanol–water partition coefficient (Wildman–Crippen LogP) is 3.86. The molecule has 2 amide bonds. The molecule has 1 aliphatic carbocycles. The number of carbonyl (C=O) groups is 2. The standard InChI is InChI=1S/C21H21N3O2/c1-14(25)24(16-10-11-16)20-9-5-4-8-19(20)23-21(26)12-15-13-22-18-7-3-2-6-17(15)18/h2-9,13,16,22H,10-12H2,1H3,(H,23,26). The van der Waals surface area contributed by atoms with Crippen molar-refractivity contribution in [2.24, 2.45) is 0 Å². The second-order valence-electron chi connectivity index (χ2n) is 6.72. The minimum atomic E-state index is -0.0958. The van der Waals surface area contributed by atoms with E-state index in [1.165, 1.54) is 0 Å². The number of aromatic nitrogens is 1. The zero-order valence-electron chi connectivity index (χ0n) is 14.7. The van der Waals surface area contributed by atoms with Crippen LogP contribution in [0.15, 0.2) is 54.7 Å². The lowest BCUT2D eigenvalue weighted by Gasteiger charge is -2.23. The summed E-state index contributed by atoms with van der Waals surface area (Å²) in [5.74, 6) is -0.0904. The average Bonchev–Trinajstić information content (AvgIpc) is 3.37. The van der Waals surface area contributed by atoms with E-state index >= 15 is 0 Å². The predicted molar refractivity (Wildman–Crippen MR) is 103 cm³/mol. The summed E-state index contributed by atoms with van der Waals surface area (Å²) < 4.78 is 0. The molecule has 1 aliphatic rings. The number of para-hydroxylation sites is 3. The van der Waals surface area contributed by atoms with Gasteiger partial charge >= 0.3 is 0 Å². The van der Waals surface area contributed by atoms with Crippen LogP contribution in [-0.4, -0.2) is 22.8 Å². The van der Waals surface area contributed by atoms with E-state index in [0.29, 0.717) is 5.69 Å². The highest BCUT2D eigenvalue weighted by atomic mass is 16.2. The number of hydrogen-bond donors (Lipinski definition) is 2. The number of fused-ring (bicyclic) bond motifs is 1. The van der Waals surface area contributed by atoms with Crippen LogP contribution in [0.5, 0.6) is 0 Å². The van der Waals surface area contributed by atoms with Crippen molar-refractivity contribution in [2.75, 3.05) is 10.2 Å². The second kappa shape index (κ2) is 6.67. The maximum absolute atomic E-state index is 12.6. The Hall–Kier alpha value is -3.08. The number of aromatic amines is 1. The van der Waals surface area contributed by atoms with E-state index in [0.717, 1.165) is 35.0 Å². The first-order valence-corrected chi connectivity index (χ1v) is 8.87. The first-order valence-electron chi connectivity index (χ1n) is 8.87. The van der Waals surface area contributed by atoms with Crippen LogP contribution in [0.2, 0.25) is 0 Å². The molecule has 5 nitrogen and oxygen atoms in total. The molecule has 0 atom stereocenters. The number of hydrogen-bond acceptors (Lipinski definition) is 2. The Morgan fingerprint density at radius 2 is 1.85 bits per heavy atom. The van der Waals surface area contributed by atoms with Gasteiger partial charge in [0.2, 0.25) is 11.8 Å². The van der Waals surface area contributed by atoms with Crippen LogP contribution >= 0.6 is 0 Å². The van der Waals surface area contributed by atoms with Gasteiger partial charge in [0.25, 0.3) is 0 Å². The fourth-order valence-electron chi connectivity index (χ4n) is 3.39. The summed E-state index contributed by atoms with van der Waals surface area (Å²) in [6.07, 6.45) is 4.18. The number of carbonyl (C=O) groups excluding carboxylic acids is 2. The van der Waals surface area contributed by atoms with Crippen molar-refractivity contribution in [3.8, 4) is 0 Å². The van der Waals surface area contributed by atoms with Crippen molar-refractivity contribution >= 4 is 34.1 Å². The Morgan fingerprint density at radius 3 is 2.62 bits per heavy atom. The molecule has 0 saturated heterocycles. The topological polar surface area (TPSA) is 65.2 Å². The molecule has 5 heteroatoms. The summed E-state index contributed by atoms with van der Waals surface area (Å²) >= 11 is 0. The van der Waals surface area contributed by atoms with Crippen LogP contribution in [0.3, 0.4) is 0 Å². The number of rotatable bonds is 5. The van der Waals surface area contributed by atoms with E-state index in [2.05, 4.69) is 10.3 Å². The van der Waals surface area contributed by atoms with E-state index in [4.69, 9.17) is 0 Å². The molecule has 2 aromatic carbocycles. The second-order valence-corrected chi connectivity index (χ2v) is 6.72. The molecule has 1 fully saturated rings. The Morgan fingerprint density at radius 1 is 1.12 bits per heavy atom. The lowest BCUT2D eigenvalue weighted by Crippen LogP contribution is -2.31. The molecule has 132 valence electrons. The largest absolute Gasteiger partial charge is 0.361 e. The summed E-state index contributed by atoms with van der Waals surface area (Å²) in [4.78, 5) is 29.7. The quantitative estimate of drug-likeness (QED) is 0.736. The van der Waals surface area contributed by atoms with Gasteiger partial charge in [-0.2, -0.15) is 0 Å². The molecule has 3 aromatic rings. The van der Waals surface area contributed by atoms with Crippen molar-refractivity contribution < 1.29 is 9.59 Å². The summed E-state index contributed by atoms with van der Waals surface area (Å²) in [6, 6.07) is 15.7. The number of H-pyrrole nitrogens is 1. The van der Waals surface area contributed by atoms with E-state index in [1.54, 1.807) is 11.8 Å². The lowest BCUT2D eigenvalue weighted by atomic mass is 10.1. The number of nitrogens with zero attached hydrogens (tertiary/aromatic N) is 1. The molecular formula is C21H21N3O2. The van der Waals surface area contributed by atoms with Crippen LogP contribution in [0.4, 0.5) is 11.4 Å². The van der Waals surface area contributed by atoms with Crippen molar-refractivity contribution in [1.82, 2.24) is 4.98 Å². The van der Waals surface area contributed by atoms with Gasteiger partial charge in [0.15, 0.2) is 0 Å². The van der Waals surface area contributed by atoms with Crippen molar-refractivity contribution in [2.45, 2.75) is 32.2 Å². The Bertz CT molecular complexity index is 972. The van der Waals surface area contributed by atoms with Gasteiger partial charge in [0, 0.05) is 30.1 Å². The summed E-state index contributed by atoms with van der Waals surface area (Å²) in [7, 11) is 0. The molecule has 1 aromatic heterocycles. The highest BCUT2D eigenvalue weighted by Gasteiger charge is 2.33. The Balaban J connectivity index is 1.55. The van der Waals surface area contributed by atoms with Crippen LogP contribution < -0.4 is 10.2 Å².